The van der Waals surface area contributed by atoms with Gasteiger partial charge in [0.1, 0.15) is 0 Å². The van der Waals surface area contributed by atoms with E-state index in [4.69, 9.17) is 0 Å². The maximum Gasteiger partial charge on any atom is 0.329 e. The minimum Gasteiger partial charge on any atom is -0.294 e. The van der Waals surface area contributed by atoms with Crippen molar-refractivity contribution >= 4 is 23.7 Å². The number of carbonyl (C=O) groups excluding carboxylic acids is 3. The summed E-state index contributed by atoms with van der Waals surface area (Å²) in [4.78, 5) is 37.3. The number of aryl methyl sites for hydroxylation is 1. The second kappa shape index (κ2) is 8.92. The van der Waals surface area contributed by atoms with Gasteiger partial charge in [-0.05, 0) is 38.8 Å². The quantitative estimate of drug-likeness (QED) is 0.874. The zero-order valence-corrected chi connectivity index (χ0v) is 14.2. The van der Waals surface area contributed by atoms with Crippen LogP contribution in [0.4, 0.5) is 15.3 Å². The molecule has 6 heteroatoms. The molecule has 0 aromatic heterocycles. The second-order valence-electron chi connectivity index (χ2n) is 5.34. The first-order valence-corrected chi connectivity index (χ1v) is 7.92. The zero-order valence-electron chi connectivity index (χ0n) is 14.2. The van der Waals surface area contributed by atoms with Crippen molar-refractivity contribution in [2.45, 2.75) is 40.5 Å². The number of hydrogen-bond acceptors (Lipinski definition) is 3. The van der Waals surface area contributed by atoms with Gasteiger partial charge >= 0.3 is 12.1 Å². The predicted octanol–water partition coefficient (Wildman–Crippen LogP) is 3.20. The van der Waals surface area contributed by atoms with Crippen LogP contribution >= 0.6 is 0 Å². The molecular weight excluding hydrogens is 294 g/mol. The molecule has 1 aromatic carbocycles. The molecule has 0 unspecified atom stereocenters. The number of rotatable bonds is 5. The first-order chi connectivity index (χ1) is 10.9. The fourth-order valence-electron chi connectivity index (χ4n) is 2.24. The van der Waals surface area contributed by atoms with E-state index in [0.29, 0.717) is 25.1 Å². The van der Waals surface area contributed by atoms with Gasteiger partial charge in [0.05, 0.1) is 0 Å². The minimum atomic E-state index is -0.794. The number of nitrogens with zero attached hydrogens (tertiary/aromatic N) is 1. The van der Waals surface area contributed by atoms with E-state index in [1.807, 2.05) is 52.0 Å². The number of hydrogen-bond donors (Lipinski definition) is 2. The van der Waals surface area contributed by atoms with Crippen molar-refractivity contribution in [3.63, 3.8) is 0 Å². The van der Waals surface area contributed by atoms with E-state index in [0.717, 1.165) is 5.56 Å². The van der Waals surface area contributed by atoms with E-state index >= 15 is 0 Å². The highest BCUT2D eigenvalue weighted by Gasteiger charge is 2.20. The number of nitrogens with one attached hydrogen (secondary N) is 2. The molecule has 1 rings (SSSR count). The van der Waals surface area contributed by atoms with Crippen LogP contribution in [0.25, 0.3) is 0 Å². The Bertz CT molecular complexity index is 551. The lowest BCUT2D eigenvalue weighted by Crippen LogP contribution is -2.49. The van der Waals surface area contributed by atoms with Crippen molar-refractivity contribution in [3.05, 3.63) is 29.8 Å². The first-order valence-electron chi connectivity index (χ1n) is 7.92. The van der Waals surface area contributed by atoms with Gasteiger partial charge in [-0.25, -0.2) is 9.59 Å². The van der Waals surface area contributed by atoms with Gasteiger partial charge in [-0.1, -0.05) is 31.5 Å². The summed E-state index contributed by atoms with van der Waals surface area (Å²) in [7, 11) is 0. The third-order valence-electron chi connectivity index (χ3n) is 3.72. The molecule has 0 bridgehead atoms. The van der Waals surface area contributed by atoms with Crippen LogP contribution in [0.3, 0.4) is 0 Å². The molecule has 6 nitrogen and oxygen atoms in total. The van der Waals surface area contributed by atoms with Crippen molar-refractivity contribution in [3.8, 4) is 0 Å². The van der Waals surface area contributed by atoms with Crippen LogP contribution in [-0.4, -0.2) is 24.5 Å². The average molecular weight is 319 g/mol. The normalized spacial score (nSPS) is 10.3. The maximum atomic E-state index is 12.2. The van der Waals surface area contributed by atoms with Gasteiger partial charge in [-0.15, -0.1) is 0 Å². The van der Waals surface area contributed by atoms with Crippen molar-refractivity contribution in [1.29, 1.82) is 0 Å². The summed E-state index contributed by atoms with van der Waals surface area (Å²) in [5.74, 6) is -0.589. The molecule has 0 saturated heterocycles. The third kappa shape index (κ3) is 5.39. The molecule has 0 spiro atoms. The van der Waals surface area contributed by atoms with Crippen LogP contribution in [-0.2, 0) is 4.79 Å². The van der Waals surface area contributed by atoms with Gasteiger partial charge in [0, 0.05) is 18.2 Å². The smallest absolute Gasteiger partial charge is 0.294 e. The molecule has 5 amide bonds. The molecule has 23 heavy (non-hydrogen) atoms. The first kappa shape index (κ1) is 18.7. The molecule has 0 radical (unpaired) electrons. The maximum absolute atomic E-state index is 12.2. The number of anilines is 1. The molecule has 0 aliphatic heterocycles. The molecule has 2 N–H and O–H groups in total. The largest absolute Gasteiger partial charge is 0.329 e. The summed E-state index contributed by atoms with van der Waals surface area (Å²) in [5.41, 5.74) is 1.77. The number of carbonyl (C=O) groups is 3. The Balaban J connectivity index is 2.67. The summed E-state index contributed by atoms with van der Waals surface area (Å²) in [6.07, 6.45) is 1.29. The molecule has 0 aliphatic rings. The summed E-state index contributed by atoms with van der Waals surface area (Å²) in [6.45, 7) is 7.94. The van der Waals surface area contributed by atoms with E-state index in [2.05, 4.69) is 10.6 Å². The second-order valence-corrected chi connectivity index (χ2v) is 5.34. The third-order valence-corrected chi connectivity index (χ3v) is 3.72. The summed E-state index contributed by atoms with van der Waals surface area (Å²) >= 11 is 0. The van der Waals surface area contributed by atoms with E-state index in [1.54, 1.807) is 0 Å². The molecule has 1 aromatic rings. The molecule has 126 valence electrons. The van der Waals surface area contributed by atoms with Gasteiger partial charge in [-0.3, -0.25) is 20.3 Å². The van der Waals surface area contributed by atoms with E-state index < -0.39 is 12.1 Å². The fourth-order valence-corrected chi connectivity index (χ4v) is 2.24. The van der Waals surface area contributed by atoms with Crippen molar-refractivity contribution < 1.29 is 14.4 Å². The Hall–Kier alpha value is -2.37. The number of amides is 5. The Morgan fingerprint density at radius 1 is 1.00 bits per heavy atom. The predicted molar refractivity (Wildman–Crippen MR) is 90.3 cm³/mol. The van der Waals surface area contributed by atoms with Gasteiger partial charge in [0.2, 0.25) is 5.91 Å². The highest BCUT2D eigenvalue weighted by atomic mass is 16.2. The van der Waals surface area contributed by atoms with Gasteiger partial charge in [-0.2, -0.15) is 0 Å². The van der Waals surface area contributed by atoms with Crippen molar-refractivity contribution in [2.24, 2.45) is 5.92 Å². The van der Waals surface area contributed by atoms with Crippen LogP contribution < -0.4 is 15.5 Å². The number of benzene rings is 1. The van der Waals surface area contributed by atoms with Crippen LogP contribution in [0.1, 0.15) is 39.2 Å². The lowest BCUT2D eigenvalue weighted by molar-refractivity contribution is -0.124. The SMILES string of the molecule is CCC(CC)C(=O)NC(=O)NC(=O)N(CC)c1ccc(C)cc1. The van der Waals surface area contributed by atoms with Crippen molar-refractivity contribution in [2.75, 3.05) is 11.4 Å². The summed E-state index contributed by atoms with van der Waals surface area (Å²) < 4.78 is 0. The zero-order chi connectivity index (χ0) is 17.4. The molecule has 0 saturated carbocycles. The topological polar surface area (TPSA) is 78.5 Å². The standard InChI is InChI=1S/C17H25N3O3/c1-5-13(6-2)15(21)18-16(22)19-17(23)20(7-3)14-10-8-12(4)9-11-14/h8-11,13H,5-7H2,1-4H3,(H2,18,19,21,22,23). The minimum absolute atomic E-state index is 0.227. The van der Waals surface area contributed by atoms with Crippen LogP contribution in [0.2, 0.25) is 0 Å². The molecule has 0 atom stereocenters. The lowest BCUT2D eigenvalue weighted by Gasteiger charge is -2.21. The molecule has 0 fully saturated rings. The van der Waals surface area contributed by atoms with Gasteiger partial charge < -0.3 is 0 Å². The fraction of sp³-hybridized carbons (Fsp3) is 0.471. The highest BCUT2D eigenvalue weighted by Crippen LogP contribution is 2.15. The Labute approximate surface area is 137 Å². The monoisotopic (exact) mass is 319 g/mol. The number of urea groups is 2. The highest BCUT2D eigenvalue weighted by molar-refractivity contribution is 6.06. The number of imide groups is 2. The Morgan fingerprint density at radius 2 is 1.57 bits per heavy atom. The summed E-state index contributed by atoms with van der Waals surface area (Å²) in [5, 5.41) is 4.41. The molecule has 0 heterocycles. The van der Waals surface area contributed by atoms with Gasteiger partial charge in [0.15, 0.2) is 0 Å². The van der Waals surface area contributed by atoms with Crippen molar-refractivity contribution in [1.82, 2.24) is 10.6 Å². The lowest BCUT2D eigenvalue weighted by atomic mass is 10.0. The average Bonchev–Trinajstić information content (AvgIpc) is 2.50. The molecular formula is C17H25N3O3. The van der Waals surface area contributed by atoms with E-state index in [9.17, 15) is 14.4 Å². The van der Waals surface area contributed by atoms with Crippen LogP contribution in [0, 0.1) is 12.8 Å². The van der Waals surface area contributed by atoms with Crippen LogP contribution in [0.5, 0.6) is 0 Å². The molecule has 0 aliphatic carbocycles. The summed E-state index contributed by atoms with van der Waals surface area (Å²) in [6, 6.07) is 6.05. The van der Waals surface area contributed by atoms with E-state index in [-0.39, 0.29) is 11.8 Å². The van der Waals surface area contributed by atoms with Crippen LogP contribution in [0.15, 0.2) is 24.3 Å². The van der Waals surface area contributed by atoms with E-state index in [1.165, 1.54) is 4.90 Å². The Morgan fingerprint density at radius 3 is 2.04 bits per heavy atom. The van der Waals surface area contributed by atoms with Gasteiger partial charge in [0.25, 0.3) is 0 Å². The Kier molecular flexibility index (Phi) is 7.25.